The van der Waals surface area contributed by atoms with E-state index in [4.69, 9.17) is 9.47 Å². The van der Waals surface area contributed by atoms with E-state index in [0.29, 0.717) is 18.1 Å². The normalized spacial score (nSPS) is 25.5. The fourth-order valence-electron chi connectivity index (χ4n) is 3.87. The highest BCUT2D eigenvalue weighted by molar-refractivity contribution is 6.07. The summed E-state index contributed by atoms with van der Waals surface area (Å²) < 4.78 is 11.6. The van der Waals surface area contributed by atoms with E-state index in [-0.39, 0.29) is 24.6 Å². The van der Waals surface area contributed by atoms with Crippen LogP contribution in [-0.2, 0) is 4.79 Å². The largest absolute Gasteiger partial charge is 0.486 e. The molecule has 0 aromatic heterocycles. The smallest absolute Gasteiger partial charge is 0.325 e. The summed E-state index contributed by atoms with van der Waals surface area (Å²) in [6.45, 7) is 0.557. The summed E-state index contributed by atoms with van der Waals surface area (Å²) in [4.78, 5) is 26.6. The number of amides is 3. The summed E-state index contributed by atoms with van der Waals surface area (Å²) in [5.41, 5.74) is -0.693. The zero-order valence-electron chi connectivity index (χ0n) is 13.6. The van der Waals surface area contributed by atoms with E-state index in [1.807, 2.05) is 24.3 Å². The minimum atomic E-state index is -0.693. The first kappa shape index (κ1) is 15.3. The van der Waals surface area contributed by atoms with Gasteiger partial charge in [-0.2, -0.15) is 0 Å². The zero-order valence-corrected chi connectivity index (χ0v) is 13.6. The summed E-state index contributed by atoms with van der Waals surface area (Å²) >= 11 is 0. The predicted molar refractivity (Wildman–Crippen MR) is 87.0 cm³/mol. The third-order valence-corrected chi connectivity index (χ3v) is 5.16. The molecule has 1 saturated carbocycles. The third kappa shape index (κ3) is 2.60. The molecule has 2 heterocycles. The molecule has 4 rings (SSSR count). The average Bonchev–Trinajstić information content (AvgIpc) is 2.76. The highest BCUT2D eigenvalue weighted by Crippen LogP contribution is 2.34. The molecule has 1 aromatic carbocycles. The van der Waals surface area contributed by atoms with Crippen molar-refractivity contribution in [3.05, 3.63) is 24.3 Å². The molecule has 6 nitrogen and oxygen atoms in total. The Kier molecular flexibility index (Phi) is 3.82. The van der Waals surface area contributed by atoms with Crippen molar-refractivity contribution in [2.24, 2.45) is 0 Å². The molecule has 2 aliphatic heterocycles. The molecule has 3 amide bonds. The van der Waals surface area contributed by atoms with Crippen molar-refractivity contribution in [3.63, 3.8) is 0 Å². The third-order valence-electron chi connectivity index (χ3n) is 5.16. The Balaban J connectivity index is 1.47. The monoisotopic (exact) mass is 330 g/mol. The van der Waals surface area contributed by atoms with E-state index in [9.17, 15) is 9.59 Å². The van der Waals surface area contributed by atoms with Crippen molar-refractivity contribution < 1.29 is 19.1 Å². The first-order chi connectivity index (χ1) is 11.7. The highest BCUT2D eigenvalue weighted by Gasteiger charge is 2.51. The molecule has 0 bridgehead atoms. The Morgan fingerprint density at radius 2 is 1.79 bits per heavy atom. The second-order valence-corrected chi connectivity index (χ2v) is 6.84. The molecule has 6 heteroatoms. The van der Waals surface area contributed by atoms with Crippen LogP contribution in [0.25, 0.3) is 0 Å². The minimum Gasteiger partial charge on any atom is -0.486 e. The number of fused-ring (bicyclic) bond motifs is 1. The van der Waals surface area contributed by atoms with Gasteiger partial charge in [0, 0.05) is 0 Å². The fraction of sp³-hybridized carbons (Fsp3) is 0.556. The number of benzene rings is 1. The average molecular weight is 330 g/mol. The van der Waals surface area contributed by atoms with Crippen LogP contribution in [0.3, 0.4) is 0 Å². The Morgan fingerprint density at radius 3 is 2.54 bits per heavy atom. The summed E-state index contributed by atoms with van der Waals surface area (Å²) in [7, 11) is 0. The van der Waals surface area contributed by atoms with Crippen LogP contribution in [0, 0.1) is 0 Å². The second kappa shape index (κ2) is 6.00. The van der Waals surface area contributed by atoms with Crippen LogP contribution in [0.2, 0.25) is 0 Å². The molecule has 1 N–H and O–H groups in total. The van der Waals surface area contributed by atoms with Gasteiger partial charge in [-0.3, -0.25) is 9.69 Å². The van der Waals surface area contributed by atoms with Crippen molar-refractivity contribution in [2.75, 3.05) is 13.2 Å². The molecule has 128 valence electrons. The van der Waals surface area contributed by atoms with Crippen LogP contribution < -0.4 is 14.8 Å². The Bertz CT molecular complexity index is 652. The van der Waals surface area contributed by atoms with Gasteiger partial charge in [0.15, 0.2) is 17.6 Å². The summed E-state index contributed by atoms with van der Waals surface area (Å²) in [5, 5.41) is 2.96. The molecule has 1 atom stereocenters. The first-order valence-corrected chi connectivity index (χ1v) is 8.71. The van der Waals surface area contributed by atoms with Gasteiger partial charge in [-0.05, 0) is 25.0 Å². The number of imide groups is 1. The van der Waals surface area contributed by atoms with Crippen molar-refractivity contribution in [1.29, 1.82) is 0 Å². The fourth-order valence-corrected chi connectivity index (χ4v) is 3.87. The number of para-hydroxylation sites is 2. The van der Waals surface area contributed by atoms with Crippen LogP contribution >= 0.6 is 0 Å². The van der Waals surface area contributed by atoms with Gasteiger partial charge in [0.2, 0.25) is 0 Å². The molecular weight excluding hydrogens is 308 g/mol. The van der Waals surface area contributed by atoms with Crippen LogP contribution in [-0.4, -0.2) is 41.6 Å². The Hall–Kier alpha value is -2.24. The van der Waals surface area contributed by atoms with E-state index in [1.165, 1.54) is 4.90 Å². The Labute approximate surface area is 141 Å². The van der Waals surface area contributed by atoms with Gasteiger partial charge in [-0.1, -0.05) is 37.8 Å². The molecule has 0 unspecified atom stereocenters. The number of hydrogen-bond donors (Lipinski definition) is 1. The van der Waals surface area contributed by atoms with Crippen LogP contribution in [0.15, 0.2) is 24.3 Å². The standard InChI is InChI=1S/C18H22N2O4/c21-16-18(9-5-1-2-6-10-18)19-17(22)20(16)11-13-12-23-14-7-3-4-8-15(14)24-13/h3-4,7-8,13H,1-2,5-6,9-12H2,(H,19,22)/t13-/m1/s1. The minimum absolute atomic E-state index is 0.100. The lowest BCUT2D eigenvalue weighted by Crippen LogP contribution is -2.48. The number of urea groups is 1. The summed E-state index contributed by atoms with van der Waals surface area (Å²) in [6, 6.07) is 7.14. The zero-order chi connectivity index (χ0) is 16.6. The van der Waals surface area contributed by atoms with Crippen LogP contribution in [0.1, 0.15) is 38.5 Å². The maximum atomic E-state index is 12.9. The van der Waals surface area contributed by atoms with Gasteiger partial charge in [0.05, 0.1) is 6.54 Å². The van der Waals surface area contributed by atoms with Crippen molar-refractivity contribution in [1.82, 2.24) is 10.2 Å². The van der Waals surface area contributed by atoms with E-state index in [0.717, 1.165) is 38.5 Å². The maximum absolute atomic E-state index is 12.9. The molecule has 1 saturated heterocycles. The van der Waals surface area contributed by atoms with Gasteiger partial charge in [0.1, 0.15) is 12.1 Å². The van der Waals surface area contributed by atoms with E-state index >= 15 is 0 Å². The van der Waals surface area contributed by atoms with Gasteiger partial charge >= 0.3 is 6.03 Å². The van der Waals surface area contributed by atoms with Crippen molar-refractivity contribution in [3.8, 4) is 11.5 Å². The molecule has 0 radical (unpaired) electrons. The molecule has 1 aliphatic carbocycles. The molecule has 1 spiro atoms. The van der Waals surface area contributed by atoms with E-state index in [2.05, 4.69) is 5.32 Å². The molecule has 1 aromatic rings. The van der Waals surface area contributed by atoms with Crippen LogP contribution in [0.5, 0.6) is 11.5 Å². The first-order valence-electron chi connectivity index (χ1n) is 8.71. The lowest BCUT2D eigenvalue weighted by Gasteiger charge is -2.29. The van der Waals surface area contributed by atoms with Crippen molar-refractivity contribution in [2.45, 2.75) is 50.2 Å². The second-order valence-electron chi connectivity index (χ2n) is 6.84. The molecule has 3 aliphatic rings. The maximum Gasteiger partial charge on any atom is 0.325 e. The molecular formula is C18H22N2O4. The van der Waals surface area contributed by atoms with E-state index in [1.54, 1.807) is 0 Å². The van der Waals surface area contributed by atoms with Gasteiger partial charge in [0.25, 0.3) is 5.91 Å². The van der Waals surface area contributed by atoms with Gasteiger partial charge in [-0.25, -0.2) is 4.79 Å². The summed E-state index contributed by atoms with van der Waals surface area (Å²) in [6.07, 6.45) is 5.35. The van der Waals surface area contributed by atoms with Gasteiger partial charge in [-0.15, -0.1) is 0 Å². The summed E-state index contributed by atoms with van der Waals surface area (Å²) in [5.74, 6) is 1.26. The van der Waals surface area contributed by atoms with E-state index < -0.39 is 5.54 Å². The highest BCUT2D eigenvalue weighted by atomic mass is 16.6. The lowest BCUT2D eigenvalue weighted by molar-refractivity contribution is -0.132. The topological polar surface area (TPSA) is 67.9 Å². The predicted octanol–water partition coefficient (Wildman–Crippen LogP) is 2.47. The number of carbonyl (C=O) groups is 2. The quantitative estimate of drug-likeness (QED) is 0.846. The van der Waals surface area contributed by atoms with Crippen LogP contribution in [0.4, 0.5) is 4.79 Å². The Morgan fingerprint density at radius 1 is 1.08 bits per heavy atom. The SMILES string of the molecule is O=C1NC2(CCCCCC2)C(=O)N1C[C@@H]1COc2ccccc2O1. The number of nitrogens with one attached hydrogen (secondary N) is 1. The number of nitrogens with zero attached hydrogens (tertiary/aromatic N) is 1. The molecule has 24 heavy (non-hydrogen) atoms. The van der Waals surface area contributed by atoms with Crippen molar-refractivity contribution >= 4 is 11.9 Å². The van der Waals surface area contributed by atoms with Gasteiger partial charge < -0.3 is 14.8 Å². The number of ether oxygens (including phenoxy) is 2. The number of carbonyl (C=O) groups excluding carboxylic acids is 2. The molecule has 2 fully saturated rings. The number of rotatable bonds is 2. The number of hydrogen-bond acceptors (Lipinski definition) is 4. The lowest BCUT2D eigenvalue weighted by atomic mass is 9.90.